The van der Waals surface area contributed by atoms with Gasteiger partial charge in [0.25, 0.3) is 0 Å². The van der Waals surface area contributed by atoms with Crippen molar-refractivity contribution < 1.29 is 23.1 Å². The second kappa shape index (κ2) is 6.43. The summed E-state index contributed by atoms with van der Waals surface area (Å²) in [4.78, 5) is 24.8. The summed E-state index contributed by atoms with van der Waals surface area (Å²) < 4.78 is 22.0. The lowest BCUT2D eigenvalue weighted by Gasteiger charge is -2.39. The van der Waals surface area contributed by atoms with Crippen LogP contribution in [0.15, 0.2) is 0 Å². The summed E-state index contributed by atoms with van der Waals surface area (Å²) >= 11 is 0. The number of carbonyl (C=O) groups excluding carboxylic acids is 1. The van der Waals surface area contributed by atoms with Gasteiger partial charge in [0.15, 0.2) is 0 Å². The summed E-state index contributed by atoms with van der Waals surface area (Å²) in [5, 5.41) is 11.9. The normalized spacial score (nSPS) is 23.4. The number of aliphatic carboxylic acids is 1. The molecular formula is C12H22N2O5S. The van der Waals surface area contributed by atoms with E-state index in [-0.39, 0.29) is 18.8 Å². The van der Waals surface area contributed by atoms with E-state index < -0.39 is 27.3 Å². The van der Waals surface area contributed by atoms with Crippen LogP contribution in [0.2, 0.25) is 0 Å². The number of rotatable bonds is 5. The number of urea groups is 1. The lowest BCUT2D eigenvalue weighted by molar-refractivity contribution is -0.152. The molecule has 0 aromatic rings. The Bertz CT molecular complexity index is 476. The number of carboxylic acid groups (broad SMARTS) is 1. The number of nitrogens with zero attached hydrogens (tertiary/aromatic N) is 1. The first-order valence-corrected chi connectivity index (χ1v) is 8.70. The van der Waals surface area contributed by atoms with Gasteiger partial charge < -0.3 is 15.3 Å². The highest BCUT2D eigenvalue weighted by atomic mass is 32.2. The van der Waals surface area contributed by atoms with Gasteiger partial charge in [-0.05, 0) is 19.3 Å². The molecule has 0 aromatic heterocycles. The number of hydrogen-bond acceptors (Lipinski definition) is 4. The van der Waals surface area contributed by atoms with Crippen LogP contribution in [0.5, 0.6) is 0 Å². The van der Waals surface area contributed by atoms with Crippen LogP contribution in [0.3, 0.4) is 0 Å². The number of amides is 2. The number of carboxylic acids is 1. The molecular weight excluding hydrogens is 284 g/mol. The van der Waals surface area contributed by atoms with E-state index in [9.17, 15) is 23.1 Å². The Morgan fingerprint density at radius 3 is 2.55 bits per heavy atom. The summed E-state index contributed by atoms with van der Waals surface area (Å²) in [5.41, 5.74) is -0.883. The third-order valence-electron chi connectivity index (χ3n) is 3.74. The highest BCUT2D eigenvalue weighted by Gasteiger charge is 2.42. The first-order valence-electron chi connectivity index (χ1n) is 6.64. The summed E-state index contributed by atoms with van der Waals surface area (Å²) in [6.07, 6.45) is 2.77. The van der Waals surface area contributed by atoms with Crippen molar-refractivity contribution in [2.75, 3.05) is 31.6 Å². The van der Waals surface area contributed by atoms with Crippen LogP contribution in [0.4, 0.5) is 4.79 Å². The van der Waals surface area contributed by atoms with Crippen molar-refractivity contribution in [3.63, 3.8) is 0 Å². The molecule has 8 heteroatoms. The van der Waals surface area contributed by atoms with Crippen molar-refractivity contribution in [1.82, 2.24) is 10.2 Å². The Morgan fingerprint density at radius 1 is 1.40 bits per heavy atom. The maximum atomic E-state index is 11.9. The van der Waals surface area contributed by atoms with Gasteiger partial charge in [-0.15, -0.1) is 0 Å². The van der Waals surface area contributed by atoms with Gasteiger partial charge in [-0.25, -0.2) is 13.2 Å². The first-order chi connectivity index (χ1) is 9.20. The molecule has 1 saturated heterocycles. The topological polar surface area (TPSA) is 104 Å². The Kier molecular flexibility index (Phi) is 5.38. The van der Waals surface area contributed by atoms with Crippen molar-refractivity contribution >= 4 is 21.8 Å². The highest BCUT2D eigenvalue weighted by molar-refractivity contribution is 7.90. The van der Waals surface area contributed by atoms with Crippen molar-refractivity contribution in [2.24, 2.45) is 5.41 Å². The predicted molar refractivity (Wildman–Crippen MR) is 74.3 cm³/mol. The monoisotopic (exact) mass is 306 g/mol. The fourth-order valence-corrected chi connectivity index (χ4v) is 2.85. The van der Waals surface area contributed by atoms with Crippen LogP contribution < -0.4 is 5.32 Å². The van der Waals surface area contributed by atoms with Crippen molar-refractivity contribution in [3.05, 3.63) is 0 Å². The molecule has 1 aliphatic rings. The molecule has 20 heavy (non-hydrogen) atoms. The number of carbonyl (C=O) groups is 2. The lowest BCUT2D eigenvalue weighted by atomic mass is 9.78. The van der Waals surface area contributed by atoms with Gasteiger partial charge in [-0.2, -0.15) is 0 Å². The average molecular weight is 306 g/mol. The molecule has 116 valence electrons. The van der Waals surface area contributed by atoms with E-state index in [4.69, 9.17) is 0 Å². The minimum absolute atomic E-state index is 0.0420. The second-order valence-corrected chi connectivity index (χ2v) is 7.59. The predicted octanol–water partition coefficient (Wildman–Crippen LogP) is 0.317. The van der Waals surface area contributed by atoms with E-state index in [1.165, 1.54) is 4.90 Å². The molecule has 7 nitrogen and oxygen atoms in total. The molecule has 2 N–H and O–H groups in total. The SMILES string of the molecule is CCC1(C(=O)O)CCCN(C(=O)NCCS(C)(=O)=O)C1. The number of likely N-dealkylation sites (tertiary alicyclic amines) is 1. The van der Waals surface area contributed by atoms with Gasteiger partial charge in [-0.1, -0.05) is 6.92 Å². The van der Waals surface area contributed by atoms with Crippen LogP contribution in [0.1, 0.15) is 26.2 Å². The highest BCUT2D eigenvalue weighted by Crippen LogP contribution is 2.33. The van der Waals surface area contributed by atoms with E-state index in [1.807, 2.05) is 0 Å². The van der Waals surface area contributed by atoms with E-state index in [1.54, 1.807) is 6.92 Å². The molecule has 0 spiro atoms. The molecule has 0 radical (unpaired) electrons. The van der Waals surface area contributed by atoms with E-state index in [0.717, 1.165) is 6.26 Å². The molecule has 1 rings (SSSR count). The molecule has 1 unspecified atom stereocenters. The Labute approximate surface area is 119 Å². The zero-order valence-corrected chi connectivity index (χ0v) is 12.7. The second-order valence-electron chi connectivity index (χ2n) is 5.33. The summed E-state index contributed by atoms with van der Waals surface area (Å²) in [5.74, 6) is -1.00. The minimum atomic E-state index is -3.12. The molecule has 0 aliphatic carbocycles. The van der Waals surface area contributed by atoms with Gasteiger partial charge in [-0.3, -0.25) is 4.79 Å². The number of nitrogens with one attached hydrogen (secondary N) is 1. The van der Waals surface area contributed by atoms with Crippen LogP contribution >= 0.6 is 0 Å². The zero-order chi connectivity index (χ0) is 15.4. The summed E-state index contributed by atoms with van der Waals surface area (Å²) in [6, 6.07) is -0.396. The van der Waals surface area contributed by atoms with E-state index in [0.29, 0.717) is 25.8 Å². The van der Waals surface area contributed by atoms with Gasteiger partial charge in [0.05, 0.1) is 11.2 Å². The Morgan fingerprint density at radius 2 is 2.05 bits per heavy atom. The summed E-state index contributed by atoms with van der Waals surface area (Å²) in [7, 11) is -3.12. The third-order valence-corrected chi connectivity index (χ3v) is 4.69. The maximum Gasteiger partial charge on any atom is 0.317 e. The number of piperidine rings is 1. The molecule has 0 saturated carbocycles. The van der Waals surface area contributed by atoms with Gasteiger partial charge in [0.2, 0.25) is 0 Å². The molecule has 2 amide bonds. The smallest absolute Gasteiger partial charge is 0.317 e. The van der Waals surface area contributed by atoms with Crippen molar-refractivity contribution in [3.8, 4) is 0 Å². The molecule has 1 heterocycles. The molecule has 1 fully saturated rings. The van der Waals surface area contributed by atoms with Crippen LogP contribution in [0, 0.1) is 5.41 Å². The van der Waals surface area contributed by atoms with E-state index >= 15 is 0 Å². The molecule has 1 aliphatic heterocycles. The van der Waals surface area contributed by atoms with Crippen LogP contribution in [0.25, 0.3) is 0 Å². The lowest BCUT2D eigenvalue weighted by Crippen LogP contribution is -2.52. The average Bonchev–Trinajstić information content (AvgIpc) is 2.36. The Balaban J connectivity index is 2.58. The van der Waals surface area contributed by atoms with Gasteiger partial charge >= 0.3 is 12.0 Å². The van der Waals surface area contributed by atoms with E-state index in [2.05, 4.69) is 5.32 Å². The standard InChI is InChI=1S/C12H22N2O5S/c1-3-12(10(15)16)5-4-7-14(9-12)11(17)13-6-8-20(2,18)19/h3-9H2,1-2H3,(H,13,17)(H,15,16). The molecule has 0 aromatic carbocycles. The maximum absolute atomic E-state index is 11.9. The van der Waals surface area contributed by atoms with Crippen molar-refractivity contribution in [2.45, 2.75) is 26.2 Å². The minimum Gasteiger partial charge on any atom is -0.481 e. The Hall–Kier alpha value is -1.31. The van der Waals surface area contributed by atoms with Gasteiger partial charge in [0.1, 0.15) is 9.84 Å². The number of hydrogen-bond donors (Lipinski definition) is 2. The fourth-order valence-electron chi connectivity index (χ4n) is 2.37. The fraction of sp³-hybridized carbons (Fsp3) is 0.833. The van der Waals surface area contributed by atoms with Crippen LogP contribution in [-0.4, -0.2) is 62.1 Å². The number of sulfone groups is 1. The van der Waals surface area contributed by atoms with Gasteiger partial charge in [0, 0.05) is 25.9 Å². The quantitative estimate of drug-likeness (QED) is 0.761. The largest absolute Gasteiger partial charge is 0.481 e. The molecule has 1 atom stereocenters. The first kappa shape index (κ1) is 16.7. The molecule has 0 bridgehead atoms. The zero-order valence-electron chi connectivity index (χ0n) is 11.9. The van der Waals surface area contributed by atoms with Crippen molar-refractivity contribution in [1.29, 1.82) is 0 Å². The third kappa shape index (κ3) is 4.36. The van der Waals surface area contributed by atoms with Crippen LogP contribution in [-0.2, 0) is 14.6 Å². The summed E-state index contributed by atoms with van der Waals surface area (Å²) in [6.45, 7) is 2.52.